The van der Waals surface area contributed by atoms with Gasteiger partial charge in [-0.25, -0.2) is 0 Å². The summed E-state index contributed by atoms with van der Waals surface area (Å²) in [6, 6.07) is 8.19. The molecular weight excluding hydrogens is 432 g/mol. The molecule has 1 aliphatic heterocycles. The zero-order valence-corrected chi connectivity index (χ0v) is 17.8. The number of methoxy groups -OCH3 is 2. The van der Waals surface area contributed by atoms with E-state index in [4.69, 9.17) is 13.9 Å². The molecule has 5 rings (SSSR count). The first-order valence-electron chi connectivity index (χ1n) is 10.2. The number of carbonyl (C=O) groups excluding carboxylic acids is 1. The van der Waals surface area contributed by atoms with Gasteiger partial charge < -0.3 is 19.2 Å². The third-order valence-corrected chi connectivity index (χ3v) is 6.13. The minimum Gasteiger partial charge on any atom is -0.493 e. The molecule has 3 heterocycles. The van der Waals surface area contributed by atoms with Crippen molar-refractivity contribution in [1.29, 1.82) is 0 Å². The smallest absolute Gasteiger partial charge is 0.433 e. The molecular formula is C22H20N4O7. The number of hydrogen-bond acceptors (Lipinski definition) is 8. The normalized spacial score (nSPS) is 19.5. The summed E-state index contributed by atoms with van der Waals surface area (Å²) in [5.41, 5.74) is 1.76. The highest BCUT2D eigenvalue weighted by atomic mass is 16.6. The van der Waals surface area contributed by atoms with E-state index < -0.39 is 22.3 Å². The first-order chi connectivity index (χ1) is 15.9. The maximum atomic E-state index is 13.4. The largest absolute Gasteiger partial charge is 0.493 e. The fraction of sp³-hybridized carbons (Fsp3) is 0.273. The Labute approximate surface area is 186 Å². The van der Waals surface area contributed by atoms with Crippen molar-refractivity contribution in [3.8, 4) is 11.5 Å². The lowest BCUT2D eigenvalue weighted by Crippen LogP contribution is -2.31. The SMILES string of the molecule is COc1ccc([C@@H]2CC(=O)C3=C(C2)Nc2[nH][nH]c(=O)c2[C@H]3c2ccc([N+](=O)[O-])o2)cc1OC. The molecule has 2 aliphatic rings. The molecule has 2 aromatic heterocycles. The van der Waals surface area contributed by atoms with Gasteiger partial charge in [0.15, 0.2) is 17.3 Å². The van der Waals surface area contributed by atoms with Crippen LogP contribution in [0.5, 0.6) is 11.5 Å². The van der Waals surface area contributed by atoms with Crippen LogP contribution in [0, 0.1) is 10.1 Å². The summed E-state index contributed by atoms with van der Waals surface area (Å²) in [5.74, 6) is 0.124. The quantitative estimate of drug-likeness (QED) is 0.394. The Kier molecular flexibility index (Phi) is 4.81. The van der Waals surface area contributed by atoms with Crippen LogP contribution in [0.3, 0.4) is 0 Å². The molecule has 0 unspecified atom stereocenters. The molecule has 3 aromatic rings. The van der Waals surface area contributed by atoms with E-state index in [9.17, 15) is 19.7 Å². The Morgan fingerprint density at radius 2 is 1.85 bits per heavy atom. The number of ether oxygens (including phenoxy) is 2. The summed E-state index contributed by atoms with van der Waals surface area (Å²) in [6.07, 6.45) is 0.690. The summed E-state index contributed by atoms with van der Waals surface area (Å²) in [4.78, 5) is 36.4. The Balaban J connectivity index is 1.58. The van der Waals surface area contributed by atoms with Crippen molar-refractivity contribution < 1.29 is 23.6 Å². The molecule has 0 bridgehead atoms. The number of allylic oxidation sites excluding steroid dienone is 2. The van der Waals surface area contributed by atoms with Gasteiger partial charge in [-0.3, -0.25) is 29.9 Å². The maximum absolute atomic E-state index is 13.4. The molecule has 1 aliphatic carbocycles. The number of ketones is 1. The predicted octanol–water partition coefficient (Wildman–Crippen LogP) is 3.18. The number of aromatic nitrogens is 2. The summed E-state index contributed by atoms with van der Waals surface area (Å²) in [5, 5.41) is 19.6. The fourth-order valence-corrected chi connectivity index (χ4v) is 4.64. The van der Waals surface area contributed by atoms with Crippen molar-refractivity contribution in [3.05, 3.63) is 79.0 Å². The summed E-state index contributed by atoms with van der Waals surface area (Å²) < 4.78 is 16.1. The number of nitrogens with one attached hydrogen (secondary N) is 3. The molecule has 33 heavy (non-hydrogen) atoms. The number of anilines is 1. The van der Waals surface area contributed by atoms with Crippen molar-refractivity contribution in [2.75, 3.05) is 19.5 Å². The van der Waals surface area contributed by atoms with Gasteiger partial charge in [-0.1, -0.05) is 6.07 Å². The molecule has 0 saturated carbocycles. The van der Waals surface area contributed by atoms with E-state index in [1.165, 1.54) is 12.1 Å². The molecule has 0 fully saturated rings. The van der Waals surface area contributed by atoms with Gasteiger partial charge in [-0.15, -0.1) is 0 Å². The van der Waals surface area contributed by atoms with Crippen LogP contribution >= 0.6 is 0 Å². The Morgan fingerprint density at radius 1 is 1.06 bits per heavy atom. The fourth-order valence-electron chi connectivity index (χ4n) is 4.64. The lowest BCUT2D eigenvalue weighted by Gasteiger charge is -2.33. The maximum Gasteiger partial charge on any atom is 0.433 e. The van der Waals surface area contributed by atoms with Gasteiger partial charge in [0.25, 0.3) is 5.56 Å². The number of nitro groups is 1. The summed E-state index contributed by atoms with van der Waals surface area (Å²) in [6.45, 7) is 0. The van der Waals surface area contributed by atoms with Crippen molar-refractivity contribution in [2.24, 2.45) is 0 Å². The second kappa shape index (κ2) is 7.69. The van der Waals surface area contributed by atoms with Crippen molar-refractivity contribution in [1.82, 2.24) is 10.2 Å². The third-order valence-electron chi connectivity index (χ3n) is 6.13. The molecule has 0 amide bonds. The molecule has 0 radical (unpaired) electrons. The molecule has 11 heteroatoms. The Morgan fingerprint density at radius 3 is 2.55 bits per heavy atom. The van der Waals surface area contributed by atoms with E-state index in [2.05, 4.69) is 15.5 Å². The van der Waals surface area contributed by atoms with E-state index in [0.717, 1.165) is 5.56 Å². The van der Waals surface area contributed by atoms with E-state index in [-0.39, 0.29) is 29.4 Å². The number of aromatic amines is 2. The predicted molar refractivity (Wildman–Crippen MR) is 116 cm³/mol. The van der Waals surface area contributed by atoms with Crippen LogP contribution in [-0.2, 0) is 4.79 Å². The minimum atomic E-state index is -0.848. The number of H-pyrrole nitrogens is 2. The molecule has 1 aromatic carbocycles. The van der Waals surface area contributed by atoms with E-state index in [1.54, 1.807) is 20.3 Å². The van der Waals surface area contributed by atoms with Crippen LogP contribution in [0.1, 0.15) is 41.6 Å². The van der Waals surface area contributed by atoms with Crippen LogP contribution in [-0.4, -0.2) is 35.1 Å². The number of hydrogen-bond donors (Lipinski definition) is 3. The van der Waals surface area contributed by atoms with Crippen LogP contribution in [0.15, 0.2) is 50.8 Å². The topological polar surface area (TPSA) is 152 Å². The number of benzene rings is 1. The molecule has 3 N–H and O–H groups in total. The highest BCUT2D eigenvalue weighted by Gasteiger charge is 2.42. The first-order valence-corrected chi connectivity index (χ1v) is 10.2. The average Bonchev–Trinajstić information content (AvgIpc) is 3.44. The van der Waals surface area contributed by atoms with Crippen LogP contribution in [0.4, 0.5) is 11.7 Å². The van der Waals surface area contributed by atoms with Gasteiger partial charge in [0.1, 0.15) is 16.5 Å². The second-order valence-electron chi connectivity index (χ2n) is 7.89. The van der Waals surface area contributed by atoms with Gasteiger partial charge >= 0.3 is 5.88 Å². The third kappa shape index (κ3) is 3.28. The molecule has 2 atom stereocenters. The summed E-state index contributed by atoms with van der Waals surface area (Å²) >= 11 is 0. The van der Waals surface area contributed by atoms with Gasteiger partial charge in [-0.2, -0.15) is 0 Å². The lowest BCUT2D eigenvalue weighted by atomic mass is 9.74. The average molecular weight is 452 g/mol. The number of furan rings is 1. The van der Waals surface area contributed by atoms with Gasteiger partial charge in [0, 0.05) is 17.7 Å². The second-order valence-corrected chi connectivity index (χ2v) is 7.89. The zero-order chi connectivity index (χ0) is 23.3. The van der Waals surface area contributed by atoms with E-state index in [0.29, 0.717) is 35.0 Å². The van der Waals surface area contributed by atoms with Gasteiger partial charge in [-0.05, 0) is 36.1 Å². The molecule has 0 spiro atoms. The molecule has 11 nitrogen and oxygen atoms in total. The lowest BCUT2D eigenvalue weighted by molar-refractivity contribution is -0.402. The molecule has 0 saturated heterocycles. The Bertz CT molecular complexity index is 1360. The van der Waals surface area contributed by atoms with Crippen molar-refractivity contribution >= 4 is 17.5 Å². The van der Waals surface area contributed by atoms with E-state index in [1.807, 2.05) is 12.1 Å². The number of Topliss-reactive ketones (excluding diaryl/α,β-unsaturated/α-hetero) is 1. The number of fused-ring (bicyclic) bond motifs is 1. The van der Waals surface area contributed by atoms with Crippen LogP contribution < -0.4 is 20.3 Å². The van der Waals surface area contributed by atoms with Crippen molar-refractivity contribution in [2.45, 2.75) is 24.7 Å². The highest BCUT2D eigenvalue weighted by Crippen LogP contribution is 2.47. The number of rotatable bonds is 5. The zero-order valence-electron chi connectivity index (χ0n) is 17.8. The minimum absolute atomic E-state index is 0.137. The van der Waals surface area contributed by atoms with Crippen molar-refractivity contribution in [3.63, 3.8) is 0 Å². The summed E-state index contributed by atoms with van der Waals surface area (Å²) in [7, 11) is 3.10. The first kappa shape index (κ1) is 20.6. The van der Waals surface area contributed by atoms with E-state index >= 15 is 0 Å². The monoisotopic (exact) mass is 452 g/mol. The van der Waals surface area contributed by atoms with Gasteiger partial charge in [0.2, 0.25) is 0 Å². The number of nitrogens with zero attached hydrogens (tertiary/aromatic N) is 1. The molecule has 170 valence electrons. The Hall–Kier alpha value is -4.28. The highest BCUT2D eigenvalue weighted by molar-refractivity contribution is 6.01. The standard InChI is InChI=1S/C22H20N4O7/c1-31-14-4-3-10(9-16(14)32-2)11-7-12-18(13(27)8-11)19(15-5-6-17(33-15)26(29)30)20-21(23-12)24-25-22(20)28/h3-6,9,11,19H,7-8H2,1-2H3,(H3,23,24,25,28)/t11-,19-/m0/s1. The van der Waals surface area contributed by atoms with Crippen LogP contribution in [0.2, 0.25) is 0 Å². The number of carbonyl (C=O) groups is 1. The van der Waals surface area contributed by atoms with Gasteiger partial charge in [0.05, 0.1) is 31.8 Å². The van der Waals surface area contributed by atoms with Crippen LogP contribution in [0.25, 0.3) is 0 Å².